The molecule has 0 aromatic rings. The lowest BCUT2D eigenvalue weighted by Gasteiger charge is -1.80. The Bertz CT molecular complexity index is 413. The predicted octanol–water partition coefficient (Wildman–Crippen LogP) is 0.635. The summed E-state index contributed by atoms with van der Waals surface area (Å²) >= 11 is 0. The van der Waals surface area contributed by atoms with E-state index in [1.165, 1.54) is 0 Å². The van der Waals surface area contributed by atoms with Crippen LogP contribution in [-0.4, -0.2) is 34.6 Å². The molecule has 2 N–H and O–H groups in total. The third kappa shape index (κ3) is 3.70. The van der Waals surface area contributed by atoms with E-state index in [1.54, 1.807) is 0 Å². The van der Waals surface area contributed by atoms with E-state index in [0.717, 1.165) is 11.1 Å². The zero-order valence-corrected chi connectivity index (χ0v) is 8.07. The Balaban J connectivity index is 0.000000160. The van der Waals surface area contributed by atoms with Crippen molar-refractivity contribution in [2.45, 2.75) is 0 Å². The highest BCUT2D eigenvalue weighted by Crippen LogP contribution is 2.15. The van der Waals surface area contributed by atoms with E-state index in [0.29, 0.717) is 12.2 Å². The van der Waals surface area contributed by atoms with Crippen LogP contribution in [0.1, 0.15) is 0 Å². The summed E-state index contributed by atoms with van der Waals surface area (Å²) in [4.78, 5) is 26.9. The fourth-order valence-electron chi connectivity index (χ4n) is 0.903. The van der Waals surface area contributed by atoms with Crippen LogP contribution in [0.25, 0.3) is 0 Å². The molecule has 16 heavy (non-hydrogen) atoms. The number of fused-ring (bicyclic) bond motifs is 1. The van der Waals surface area contributed by atoms with Gasteiger partial charge in [0.1, 0.15) is 0 Å². The zero-order chi connectivity index (χ0) is 12.0. The maximum Gasteiger partial charge on any atom is 0.328 e. The van der Waals surface area contributed by atoms with Crippen molar-refractivity contribution in [3.8, 4) is 0 Å². The molecule has 0 aromatic carbocycles. The topological polar surface area (TPSA) is 99.3 Å². The molecule has 6 nitrogen and oxygen atoms in total. The fourth-order valence-corrected chi connectivity index (χ4v) is 0.903. The summed E-state index contributed by atoms with van der Waals surface area (Å²) in [7, 11) is 0. The molecule has 0 saturated carbocycles. The van der Waals surface area contributed by atoms with Crippen molar-refractivity contribution in [2.75, 3.05) is 0 Å². The Hall–Kier alpha value is -2.50. The lowest BCUT2D eigenvalue weighted by molar-refractivity contribution is -0.134. The summed E-state index contributed by atoms with van der Waals surface area (Å²) in [5, 5.41) is 15.6. The normalized spacial score (nSPS) is 15.2. The maximum absolute atomic E-state index is 9.55. The Labute approximate surface area is 90.7 Å². The number of aliphatic imine (C=N–C) groups is 2. The first-order valence-corrected chi connectivity index (χ1v) is 4.20. The molecule has 2 rings (SSSR count). The van der Waals surface area contributed by atoms with Gasteiger partial charge in [-0.2, -0.15) is 0 Å². The molecule has 0 aliphatic carbocycles. The maximum atomic E-state index is 9.55. The first-order chi connectivity index (χ1) is 7.59. The molecule has 0 bridgehead atoms. The molecule has 2 aliphatic rings. The minimum absolute atomic E-state index is 0.558. The van der Waals surface area contributed by atoms with Crippen molar-refractivity contribution >= 4 is 24.4 Å². The molecule has 82 valence electrons. The summed E-state index contributed by atoms with van der Waals surface area (Å²) in [6, 6.07) is 0. The average molecular weight is 220 g/mol. The van der Waals surface area contributed by atoms with Gasteiger partial charge >= 0.3 is 11.9 Å². The quantitative estimate of drug-likeness (QED) is 0.667. The van der Waals surface area contributed by atoms with Crippen molar-refractivity contribution in [3.63, 3.8) is 0 Å². The van der Waals surface area contributed by atoms with E-state index in [4.69, 9.17) is 10.2 Å². The highest BCUT2D eigenvalue weighted by atomic mass is 16.4. The number of aliphatic carboxylic acids is 2. The van der Waals surface area contributed by atoms with Crippen molar-refractivity contribution in [2.24, 2.45) is 9.98 Å². The number of carbonyl (C=O) groups is 2. The van der Waals surface area contributed by atoms with E-state index < -0.39 is 11.9 Å². The van der Waals surface area contributed by atoms with Crippen molar-refractivity contribution in [3.05, 3.63) is 35.7 Å². The number of hydrogen-bond acceptors (Lipinski definition) is 4. The Kier molecular flexibility index (Phi) is 3.90. The summed E-state index contributed by atoms with van der Waals surface area (Å²) in [6.45, 7) is 0. The molecule has 0 amide bonds. The molecule has 2 aliphatic heterocycles. The molecule has 0 spiro atoms. The zero-order valence-electron chi connectivity index (χ0n) is 8.07. The van der Waals surface area contributed by atoms with Crippen LogP contribution in [0.2, 0.25) is 0 Å². The lowest BCUT2D eigenvalue weighted by Crippen LogP contribution is -1.91. The summed E-state index contributed by atoms with van der Waals surface area (Å²) in [5.74, 6) is -2.51. The van der Waals surface area contributed by atoms with Crippen LogP contribution in [0.3, 0.4) is 0 Å². The number of rotatable bonds is 2. The van der Waals surface area contributed by atoms with Crippen molar-refractivity contribution in [1.82, 2.24) is 0 Å². The first kappa shape index (κ1) is 11.6. The number of carboxylic acids is 2. The number of nitrogens with zero attached hydrogens (tertiary/aromatic N) is 2. The number of carboxylic acid groups (broad SMARTS) is 2. The van der Waals surface area contributed by atoms with Gasteiger partial charge in [0, 0.05) is 48.1 Å². The van der Waals surface area contributed by atoms with Crippen LogP contribution in [0.5, 0.6) is 0 Å². The van der Waals surface area contributed by atoms with E-state index in [2.05, 4.69) is 9.98 Å². The lowest BCUT2D eigenvalue weighted by atomic mass is 10.2. The molecule has 0 aromatic heterocycles. The molecule has 0 atom stereocenters. The molecule has 2 heterocycles. The smallest absolute Gasteiger partial charge is 0.328 e. The van der Waals surface area contributed by atoms with Crippen LogP contribution >= 0.6 is 0 Å². The molecule has 6 heteroatoms. The van der Waals surface area contributed by atoms with Gasteiger partial charge in [0.2, 0.25) is 0 Å². The van der Waals surface area contributed by atoms with Gasteiger partial charge in [0.05, 0.1) is 0 Å². The van der Waals surface area contributed by atoms with Gasteiger partial charge in [0.15, 0.2) is 0 Å². The van der Waals surface area contributed by atoms with Crippen LogP contribution in [0.4, 0.5) is 0 Å². The number of hydrogen-bond donors (Lipinski definition) is 2. The third-order valence-electron chi connectivity index (χ3n) is 1.56. The minimum Gasteiger partial charge on any atom is -0.478 e. The van der Waals surface area contributed by atoms with E-state index >= 15 is 0 Å². The Morgan fingerprint density at radius 3 is 1.62 bits per heavy atom. The number of allylic oxidation sites excluding steroid dienone is 2. The van der Waals surface area contributed by atoms with Crippen molar-refractivity contribution < 1.29 is 19.8 Å². The summed E-state index contributed by atoms with van der Waals surface area (Å²) in [5.41, 5.74) is 2.26. The van der Waals surface area contributed by atoms with Gasteiger partial charge in [-0.15, -0.1) is 0 Å². The second-order valence-electron chi connectivity index (χ2n) is 2.74. The van der Waals surface area contributed by atoms with Crippen LogP contribution in [-0.2, 0) is 9.59 Å². The highest BCUT2D eigenvalue weighted by Gasteiger charge is 2.07. The van der Waals surface area contributed by atoms with E-state index in [-0.39, 0.29) is 0 Å². The van der Waals surface area contributed by atoms with E-state index in [9.17, 15) is 9.59 Å². The molecular formula is C10H8N2O4. The van der Waals surface area contributed by atoms with Crippen LogP contribution in [0.15, 0.2) is 45.7 Å². The van der Waals surface area contributed by atoms with Gasteiger partial charge in [-0.3, -0.25) is 9.98 Å². The predicted molar refractivity (Wildman–Crippen MR) is 57.6 cm³/mol. The van der Waals surface area contributed by atoms with Crippen molar-refractivity contribution in [1.29, 1.82) is 0 Å². The highest BCUT2D eigenvalue weighted by molar-refractivity contribution is 6.04. The second-order valence-corrected chi connectivity index (χ2v) is 2.74. The van der Waals surface area contributed by atoms with Crippen LogP contribution < -0.4 is 0 Å². The minimum atomic E-state index is -1.26. The van der Waals surface area contributed by atoms with E-state index in [1.807, 2.05) is 24.8 Å². The SMILES string of the molecule is C1=NC=C2C=NC=C12.O=C(O)C=CC(=O)O. The molecule has 0 radical (unpaired) electrons. The molecule has 0 unspecified atom stereocenters. The first-order valence-electron chi connectivity index (χ1n) is 4.20. The van der Waals surface area contributed by atoms with Gasteiger partial charge in [-0.25, -0.2) is 9.59 Å². The largest absolute Gasteiger partial charge is 0.478 e. The average Bonchev–Trinajstić information content (AvgIpc) is 2.76. The molecule has 0 saturated heterocycles. The van der Waals surface area contributed by atoms with Gasteiger partial charge < -0.3 is 10.2 Å². The molecular weight excluding hydrogens is 212 g/mol. The third-order valence-corrected chi connectivity index (χ3v) is 1.56. The van der Waals surface area contributed by atoms with Gasteiger partial charge in [-0.05, 0) is 0 Å². The Morgan fingerprint density at radius 2 is 1.31 bits per heavy atom. The Morgan fingerprint density at radius 1 is 0.938 bits per heavy atom. The second kappa shape index (κ2) is 5.40. The summed E-state index contributed by atoms with van der Waals surface area (Å²) < 4.78 is 0. The van der Waals surface area contributed by atoms with Crippen LogP contribution in [0, 0.1) is 0 Å². The van der Waals surface area contributed by atoms with Gasteiger partial charge in [0.25, 0.3) is 0 Å². The monoisotopic (exact) mass is 220 g/mol. The fraction of sp³-hybridized carbons (Fsp3) is 0. The van der Waals surface area contributed by atoms with Gasteiger partial charge in [-0.1, -0.05) is 0 Å². The standard InChI is InChI=1S/C6H4N2.C4H4O4/c1-5-2-8-4-6(5)3-7-1;5-3(6)1-2-4(7)8/h1-4H;1-2H,(H,5,6)(H,7,8). The molecule has 0 fully saturated rings. The summed E-state index contributed by atoms with van der Waals surface area (Å²) in [6.07, 6.45) is 8.35.